The molecule has 0 amide bonds. The van der Waals surface area contributed by atoms with Crippen molar-refractivity contribution < 1.29 is 4.39 Å². The van der Waals surface area contributed by atoms with Gasteiger partial charge in [0.25, 0.3) is 5.56 Å². The maximum Gasteiger partial charge on any atom is 0.252 e. The van der Waals surface area contributed by atoms with Crippen molar-refractivity contribution in [2.75, 3.05) is 18.0 Å². The Morgan fingerprint density at radius 1 is 1.24 bits per heavy atom. The molecule has 4 heterocycles. The molecule has 9 heteroatoms. The Morgan fingerprint density at radius 2 is 2.00 bits per heavy atom. The zero-order valence-electron chi connectivity index (χ0n) is 19.6. The van der Waals surface area contributed by atoms with Crippen molar-refractivity contribution in [2.45, 2.75) is 58.3 Å². The minimum atomic E-state index is -0.334. The van der Waals surface area contributed by atoms with Crippen LogP contribution in [0.1, 0.15) is 45.3 Å². The Bertz CT molecular complexity index is 1230. The fourth-order valence-electron chi connectivity index (χ4n) is 4.87. The van der Waals surface area contributed by atoms with Gasteiger partial charge < -0.3 is 9.47 Å². The van der Waals surface area contributed by atoms with Crippen molar-refractivity contribution in [1.29, 1.82) is 5.26 Å². The van der Waals surface area contributed by atoms with Crippen molar-refractivity contribution in [1.82, 2.24) is 24.2 Å². The summed E-state index contributed by atoms with van der Waals surface area (Å²) in [6.45, 7) is 8.10. The monoisotopic (exact) mass is 451 g/mol. The first-order valence-corrected chi connectivity index (χ1v) is 11.5. The summed E-state index contributed by atoms with van der Waals surface area (Å²) in [7, 11) is 1.73. The molecule has 174 valence electrons. The maximum absolute atomic E-state index is 13.4. The molecular formula is C24H30FN7O. The number of pyridine rings is 2. The molecule has 1 fully saturated rings. The second kappa shape index (κ2) is 9.32. The quantitative estimate of drug-likeness (QED) is 0.572. The lowest BCUT2D eigenvalue weighted by atomic mass is 9.98. The lowest BCUT2D eigenvalue weighted by Crippen LogP contribution is -2.59. The van der Waals surface area contributed by atoms with Gasteiger partial charge in [-0.2, -0.15) is 10.4 Å². The SMILES string of the molecule is CC[C@H]1CN([C@@H](C)c2ccc(F)cn2)[C@H](CC)CN1c1cc(=O)n(C)c2cn(CC#N)nc12. The topological polar surface area (TPSA) is 83.0 Å². The van der Waals surface area contributed by atoms with Crippen molar-refractivity contribution in [2.24, 2.45) is 7.05 Å². The summed E-state index contributed by atoms with van der Waals surface area (Å²) in [5.74, 6) is -0.334. The third-order valence-electron chi connectivity index (χ3n) is 6.84. The molecule has 1 aliphatic heterocycles. The highest BCUT2D eigenvalue weighted by Crippen LogP contribution is 2.33. The van der Waals surface area contributed by atoms with Gasteiger partial charge in [-0.1, -0.05) is 13.8 Å². The van der Waals surface area contributed by atoms with Crippen LogP contribution in [0.15, 0.2) is 35.4 Å². The summed E-state index contributed by atoms with van der Waals surface area (Å²) in [6, 6.07) is 7.45. The van der Waals surface area contributed by atoms with Gasteiger partial charge in [0.15, 0.2) is 0 Å². The summed E-state index contributed by atoms with van der Waals surface area (Å²) in [6.07, 6.45) is 4.86. The van der Waals surface area contributed by atoms with E-state index in [2.05, 4.69) is 46.7 Å². The van der Waals surface area contributed by atoms with Crippen molar-refractivity contribution in [3.8, 4) is 6.07 Å². The molecule has 33 heavy (non-hydrogen) atoms. The number of aryl methyl sites for hydroxylation is 1. The number of aromatic nitrogens is 4. The van der Waals surface area contributed by atoms with Gasteiger partial charge in [0.1, 0.15) is 17.9 Å². The highest BCUT2D eigenvalue weighted by molar-refractivity contribution is 5.88. The summed E-state index contributed by atoms with van der Waals surface area (Å²) in [4.78, 5) is 21.8. The standard InChI is InChI=1S/C24H30FN7O/c1-5-18-14-32(19(6-2)13-31(18)16(3)20-8-7-17(25)12-27-20)21-11-23(33)29(4)22-15-30(10-9-26)28-24(21)22/h7-8,11-12,15-16,18-19H,5-6,10,13-14H2,1-4H3/t16-,18+,19-/m0/s1. The summed E-state index contributed by atoms with van der Waals surface area (Å²) < 4.78 is 16.6. The molecule has 3 atom stereocenters. The van der Waals surface area contributed by atoms with E-state index < -0.39 is 0 Å². The largest absolute Gasteiger partial charge is 0.364 e. The highest BCUT2D eigenvalue weighted by atomic mass is 19.1. The maximum atomic E-state index is 13.4. The highest BCUT2D eigenvalue weighted by Gasteiger charge is 2.36. The van der Waals surface area contributed by atoms with Gasteiger partial charge in [-0.25, -0.2) is 4.39 Å². The lowest BCUT2D eigenvalue weighted by Gasteiger charge is -2.49. The molecule has 8 nitrogen and oxygen atoms in total. The molecule has 0 aromatic carbocycles. The second-order valence-corrected chi connectivity index (χ2v) is 8.70. The summed E-state index contributed by atoms with van der Waals surface area (Å²) in [5.41, 5.74) is 3.04. The van der Waals surface area contributed by atoms with Gasteiger partial charge in [0.2, 0.25) is 0 Å². The third kappa shape index (κ3) is 4.23. The molecule has 4 rings (SSSR count). The van der Waals surface area contributed by atoms with Gasteiger partial charge in [0.05, 0.1) is 35.4 Å². The average Bonchev–Trinajstić information content (AvgIpc) is 3.25. The smallest absolute Gasteiger partial charge is 0.252 e. The van der Waals surface area contributed by atoms with Gasteiger partial charge >= 0.3 is 0 Å². The van der Waals surface area contributed by atoms with Crippen LogP contribution in [0.2, 0.25) is 0 Å². The molecule has 0 bridgehead atoms. The van der Waals surface area contributed by atoms with Gasteiger partial charge in [0, 0.05) is 44.3 Å². The normalized spacial score (nSPS) is 20.2. The third-order valence-corrected chi connectivity index (χ3v) is 6.84. The Kier molecular flexibility index (Phi) is 6.47. The minimum absolute atomic E-state index is 0.0465. The Hall–Kier alpha value is -3.25. The fourth-order valence-corrected chi connectivity index (χ4v) is 4.87. The van der Waals surface area contributed by atoms with E-state index in [-0.39, 0.29) is 36.0 Å². The number of nitriles is 1. The first-order chi connectivity index (χ1) is 15.9. The molecule has 0 radical (unpaired) electrons. The zero-order chi connectivity index (χ0) is 23.7. The molecule has 0 saturated carbocycles. The van der Waals surface area contributed by atoms with Crippen molar-refractivity contribution in [3.63, 3.8) is 0 Å². The summed E-state index contributed by atoms with van der Waals surface area (Å²) in [5, 5.41) is 13.7. The zero-order valence-corrected chi connectivity index (χ0v) is 19.6. The van der Waals surface area contributed by atoms with Crippen LogP contribution in [0.5, 0.6) is 0 Å². The number of hydrogen-bond acceptors (Lipinski definition) is 6. The van der Waals surface area contributed by atoms with Crippen LogP contribution in [0.3, 0.4) is 0 Å². The van der Waals surface area contributed by atoms with E-state index in [4.69, 9.17) is 5.26 Å². The van der Waals surface area contributed by atoms with E-state index in [0.29, 0.717) is 0 Å². The number of halogens is 1. The van der Waals surface area contributed by atoms with Gasteiger partial charge in [-0.3, -0.25) is 19.4 Å². The van der Waals surface area contributed by atoms with E-state index in [0.717, 1.165) is 48.3 Å². The van der Waals surface area contributed by atoms with Crippen LogP contribution in [0.25, 0.3) is 11.0 Å². The van der Waals surface area contributed by atoms with E-state index >= 15 is 0 Å². The first kappa shape index (κ1) is 22.9. The molecule has 1 aliphatic rings. The number of anilines is 1. The number of fused-ring (bicyclic) bond motifs is 1. The molecule has 1 saturated heterocycles. The Balaban J connectivity index is 1.72. The number of rotatable bonds is 6. The molecule has 0 unspecified atom stereocenters. The number of nitrogens with zero attached hydrogens (tertiary/aromatic N) is 7. The minimum Gasteiger partial charge on any atom is -0.364 e. The van der Waals surface area contributed by atoms with Crippen LogP contribution < -0.4 is 10.5 Å². The van der Waals surface area contributed by atoms with Crippen LogP contribution >= 0.6 is 0 Å². The van der Waals surface area contributed by atoms with Crippen molar-refractivity contribution >= 4 is 16.7 Å². The predicted molar refractivity (Wildman–Crippen MR) is 125 cm³/mol. The first-order valence-electron chi connectivity index (χ1n) is 11.5. The van der Waals surface area contributed by atoms with Crippen molar-refractivity contribution in [3.05, 3.63) is 52.5 Å². The van der Waals surface area contributed by atoms with Gasteiger partial charge in [-0.15, -0.1) is 0 Å². The van der Waals surface area contributed by atoms with Crippen LogP contribution in [-0.2, 0) is 13.6 Å². The Morgan fingerprint density at radius 3 is 2.64 bits per heavy atom. The second-order valence-electron chi connectivity index (χ2n) is 8.70. The molecule has 0 N–H and O–H groups in total. The molecule has 3 aromatic rings. The summed E-state index contributed by atoms with van der Waals surface area (Å²) >= 11 is 0. The van der Waals surface area contributed by atoms with Crippen LogP contribution in [0, 0.1) is 17.1 Å². The predicted octanol–water partition coefficient (Wildman–Crippen LogP) is 3.23. The number of hydrogen-bond donors (Lipinski definition) is 0. The number of piperazine rings is 1. The van der Waals surface area contributed by atoms with E-state index in [1.807, 2.05) is 0 Å². The molecular weight excluding hydrogens is 421 g/mol. The van der Waals surface area contributed by atoms with E-state index in [9.17, 15) is 9.18 Å². The Labute approximate surface area is 192 Å². The molecule has 0 spiro atoms. The van der Waals surface area contributed by atoms with E-state index in [1.54, 1.807) is 34.6 Å². The lowest BCUT2D eigenvalue weighted by molar-refractivity contribution is 0.0991. The van der Waals surface area contributed by atoms with Gasteiger partial charge in [-0.05, 0) is 31.9 Å². The average molecular weight is 452 g/mol. The van der Waals surface area contributed by atoms with E-state index in [1.165, 1.54) is 12.3 Å². The fraction of sp³-hybridized carbons (Fsp3) is 0.500. The van der Waals surface area contributed by atoms with Crippen LogP contribution in [-0.4, -0.2) is 49.4 Å². The molecule has 3 aromatic heterocycles. The molecule has 0 aliphatic carbocycles. The van der Waals surface area contributed by atoms with Crippen LogP contribution in [0.4, 0.5) is 10.1 Å².